The number of nitrogens with two attached hydrogens (primary N) is 1. The van der Waals surface area contributed by atoms with E-state index in [0.29, 0.717) is 6.42 Å². The van der Waals surface area contributed by atoms with Crippen LogP contribution in [0.1, 0.15) is 23.1 Å². The lowest BCUT2D eigenvalue weighted by atomic mass is 10.1. The van der Waals surface area contributed by atoms with Crippen molar-refractivity contribution in [3.8, 4) is 0 Å². The number of aromatic amines is 1. The van der Waals surface area contributed by atoms with Gasteiger partial charge in [0, 0.05) is 22.8 Å². The third kappa shape index (κ3) is 5.11. The Morgan fingerprint density at radius 3 is 2.66 bits per heavy atom. The van der Waals surface area contributed by atoms with Crippen molar-refractivity contribution in [1.82, 2.24) is 15.2 Å². The molecule has 1 amide bonds. The van der Waals surface area contributed by atoms with Gasteiger partial charge in [-0.05, 0) is 42.3 Å². The molecular weight excluding hydrogens is 443 g/mol. The summed E-state index contributed by atoms with van der Waals surface area (Å²) in [7, 11) is 0. The maximum absolute atomic E-state index is 12.6. The standard InChI is InChI=1S/C21H18F3N5O2S/c22-21(23,24)13-5-7-14(8-6-13)27-18(30)11-32-20-29-28-19(31-20)16(25)9-12-10-26-17-4-2-1-3-15(12)17/h1-8,10,16,26H,9,11,25H2,(H,27,30). The molecule has 166 valence electrons. The molecule has 0 radical (unpaired) electrons. The number of hydrogen-bond acceptors (Lipinski definition) is 6. The Morgan fingerprint density at radius 1 is 1.16 bits per heavy atom. The van der Waals surface area contributed by atoms with Gasteiger partial charge in [0.1, 0.15) is 0 Å². The molecule has 0 aliphatic carbocycles. The van der Waals surface area contributed by atoms with E-state index >= 15 is 0 Å². The van der Waals surface area contributed by atoms with Crippen LogP contribution in [-0.2, 0) is 17.4 Å². The minimum absolute atomic E-state index is 0.0552. The first-order chi connectivity index (χ1) is 15.3. The number of anilines is 1. The molecule has 2 aromatic carbocycles. The number of nitrogens with zero attached hydrogens (tertiary/aromatic N) is 2. The van der Waals surface area contributed by atoms with Crippen molar-refractivity contribution >= 4 is 34.3 Å². The molecule has 2 aromatic heterocycles. The molecule has 0 spiro atoms. The first-order valence-electron chi connectivity index (χ1n) is 9.53. The predicted octanol–water partition coefficient (Wildman–Crippen LogP) is 4.54. The van der Waals surface area contributed by atoms with Crippen molar-refractivity contribution < 1.29 is 22.4 Å². The Bertz CT molecular complexity index is 1220. The molecule has 1 atom stereocenters. The van der Waals surface area contributed by atoms with Gasteiger partial charge in [-0.15, -0.1) is 10.2 Å². The Balaban J connectivity index is 1.30. The Hall–Kier alpha value is -3.31. The summed E-state index contributed by atoms with van der Waals surface area (Å²) in [4.78, 5) is 15.3. The number of amides is 1. The first kappa shape index (κ1) is 21.9. The van der Waals surface area contributed by atoms with Crippen LogP contribution >= 0.6 is 11.8 Å². The second kappa shape index (κ2) is 9.05. The molecule has 4 rings (SSSR count). The summed E-state index contributed by atoms with van der Waals surface area (Å²) in [5.74, 6) is -0.223. The van der Waals surface area contributed by atoms with Gasteiger partial charge in [0.15, 0.2) is 0 Å². The monoisotopic (exact) mass is 461 g/mol. The van der Waals surface area contributed by atoms with E-state index in [-0.39, 0.29) is 22.6 Å². The van der Waals surface area contributed by atoms with E-state index < -0.39 is 23.7 Å². The van der Waals surface area contributed by atoms with Crippen molar-refractivity contribution in [3.63, 3.8) is 0 Å². The zero-order chi connectivity index (χ0) is 22.7. The molecule has 0 aliphatic rings. The number of H-pyrrole nitrogens is 1. The van der Waals surface area contributed by atoms with Crippen molar-refractivity contribution in [2.75, 3.05) is 11.1 Å². The molecule has 4 aromatic rings. The highest BCUT2D eigenvalue weighted by Gasteiger charge is 2.30. The number of alkyl halides is 3. The lowest BCUT2D eigenvalue weighted by Gasteiger charge is -2.08. The molecule has 32 heavy (non-hydrogen) atoms. The minimum Gasteiger partial charge on any atom is -0.414 e. The number of para-hydroxylation sites is 1. The molecule has 2 heterocycles. The fraction of sp³-hybridized carbons (Fsp3) is 0.190. The van der Waals surface area contributed by atoms with Gasteiger partial charge in [-0.1, -0.05) is 30.0 Å². The van der Waals surface area contributed by atoms with Crippen LogP contribution < -0.4 is 11.1 Å². The van der Waals surface area contributed by atoms with Gasteiger partial charge in [0.2, 0.25) is 11.8 Å². The van der Waals surface area contributed by atoms with E-state index in [1.807, 2.05) is 30.5 Å². The summed E-state index contributed by atoms with van der Waals surface area (Å²) >= 11 is 1.01. The normalized spacial score (nSPS) is 12.8. The Morgan fingerprint density at radius 2 is 1.91 bits per heavy atom. The summed E-state index contributed by atoms with van der Waals surface area (Å²) in [5.41, 5.74) is 7.72. The van der Waals surface area contributed by atoms with Gasteiger partial charge in [-0.25, -0.2) is 0 Å². The van der Waals surface area contributed by atoms with E-state index in [1.54, 1.807) is 0 Å². The van der Waals surface area contributed by atoms with Gasteiger partial charge in [0.25, 0.3) is 5.22 Å². The van der Waals surface area contributed by atoms with Crippen LogP contribution in [0.5, 0.6) is 0 Å². The van der Waals surface area contributed by atoms with Gasteiger partial charge in [-0.2, -0.15) is 13.2 Å². The number of aromatic nitrogens is 3. The molecule has 7 nitrogen and oxygen atoms in total. The average Bonchev–Trinajstić information content (AvgIpc) is 3.40. The second-order valence-electron chi connectivity index (χ2n) is 6.99. The van der Waals surface area contributed by atoms with Crippen LogP contribution in [0.2, 0.25) is 0 Å². The van der Waals surface area contributed by atoms with Crippen LogP contribution in [0.3, 0.4) is 0 Å². The summed E-state index contributed by atoms with van der Waals surface area (Å²) < 4.78 is 43.4. The highest BCUT2D eigenvalue weighted by molar-refractivity contribution is 7.99. The predicted molar refractivity (Wildman–Crippen MR) is 114 cm³/mol. The number of carbonyl (C=O) groups is 1. The Kier molecular flexibility index (Phi) is 6.19. The summed E-state index contributed by atoms with van der Waals surface area (Å²) in [6, 6.07) is 11.5. The molecule has 0 fully saturated rings. The van der Waals surface area contributed by atoms with E-state index in [2.05, 4.69) is 20.5 Å². The van der Waals surface area contributed by atoms with E-state index in [9.17, 15) is 18.0 Å². The lowest BCUT2D eigenvalue weighted by Crippen LogP contribution is -2.14. The number of halogens is 3. The number of hydrogen-bond donors (Lipinski definition) is 3. The van der Waals surface area contributed by atoms with Crippen LogP contribution in [0.15, 0.2) is 64.4 Å². The summed E-state index contributed by atoms with van der Waals surface area (Å²) in [6.45, 7) is 0. The van der Waals surface area contributed by atoms with Gasteiger partial charge in [0.05, 0.1) is 17.4 Å². The number of rotatable bonds is 7. The van der Waals surface area contributed by atoms with Crippen LogP contribution in [0, 0.1) is 0 Å². The number of carbonyl (C=O) groups excluding carboxylic acids is 1. The fourth-order valence-corrected chi connectivity index (χ4v) is 3.69. The van der Waals surface area contributed by atoms with Crippen molar-refractivity contribution in [2.45, 2.75) is 23.9 Å². The van der Waals surface area contributed by atoms with Crippen LogP contribution in [-0.4, -0.2) is 26.8 Å². The Labute approximate surface area is 184 Å². The summed E-state index contributed by atoms with van der Waals surface area (Å²) in [5, 5.41) is 11.6. The number of benzene rings is 2. The van der Waals surface area contributed by atoms with Crippen molar-refractivity contribution in [3.05, 3.63) is 71.7 Å². The largest absolute Gasteiger partial charge is 0.416 e. The van der Waals surface area contributed by atoms with E-state index in [1.165, 1.54) is 12.1 Å². The number of fused-ring (bicyclic) bond motifs is 1. The number of thioether (sulfide) groups is 1. The smallest absolute Gasteiger partial charge is 0.414 e. The highest BCUT2D eigenvalue weighted by atomic mass is 32.2. The molecular formula is C21H18F3N5O2S. The van der Waals surface area contributed by atoms with Gasteiger partial charge < -0.3 is 20.5 Å². The maximum Gasteiger partial charge on any atom is 0.416 e. The first-order valence-corrected chi connectivity index (χ1v) is 10.5. The zero-order valence-corrected chi connectivity index (χ0v) is 17.3. The number of nitrogens with one attached hydrogen (secondary N) is 2. The molecule has 4 N–H and O–H groups in total. The van der Waals surface area contributed by atoms with Crippen LogP contribution in [0.25, 0.3) is 10.9 Å². The molecule has 0 aliphatic heterocycles. The van der Waals surface area contributed by atoms with Crippen molar-refractivity contribution in [1.29, 1.82) is 0 Å². The zero-order valence-electron chi connectivity index (χ0n) is 16.5. The van der Waals surface area contributed by atoms with Gasteiger partial charge in [-0.3, -0.25) is 4.79 Å². The van der Waals surface area contributed by atoms with Gasteiger partial charge >= 0.3 is 6.18 Å². The molecule has 0 bridgehead atoms. The topological polar surface area (TPSA) is 110 Å². The quantitative estimate of drug-likeness (QED) is 0.349. The molecule has 1 unspecified atom stereocenters. The van der Waals surface area contributed by atoms with E-state index in [4.69, 9.17) is 10.2 Å². The van der Waals surface area contributed by atoms with Crippen LogP contribution in [0.4, 0.5) is 18.9 Å². The van der Waals surface area contributed by atoms with Crippen molar-refractivity contribution in [2.24, 2.45) is 5.73 Å². The molecule has 0 saturated heterocycles. The summed E-state index contributed by atoms with van der Waals surface area (Å²) in [6.07, 6.45) is -2.05. The fourth-order valence-electron chi connectivity index (χ4n) is 3.12. The third-order valence-corrected chi connectivity index (χ3v) is 5.50. The van der Waals surface area contributed by atoms with E-state index in [0.717, 1.165) is 40.4 Å². The molecule has 11 heteroatoms. The third-order valence-electron chi connectivity index (χ3n) is 4.68. The molecule has 0 saturated carbocycles. The maximum atomic E-state index is 12.6. The SMILES string of the molecule is NC(Cc1c[nH]c2ccccc12)c1nnc(SCC(=O)Nc2ccc(C(F)(F)F)cc2)o1. The lowest BCUT2D eigenvalue weighted by molar-refractivity contribution is -0.137. The highest BCUT2D eigenvalue weighted by Crippen LogP contribution is 2.30. The average molecular weight is 461 g/mol. The second-order valence-corrected chi connectivity index (χ2v) is 7.91. The minimum atomic E-state index is -4.43.